The van der Waals surface area contributed by atoms with Crippen molar-refractivity contribution in [2.24, 2.45) is 5.73 Å². The van der Waals surface area contributed by atoms with Gasteiger partial charge in [0, 0.05) is 5.38 Å². The van der Waals surface area contributed by atoms with E-state index in [1.807, 2.05) is 12.3 Å². The van der Waals surface area contributed by atoms with Crippen molar-refractivity contribution in [2.45, 2.75) is 57.4 Å². The second kappa shape index (κ2) is 5.61. The van der Waals surface area contributed by atoms with Gasteiger partial charge >= 0.3 is 0 Å². The normalized spacial score (nSPS) is 18.9. The van der Waals surface area contributed by atoms with E-state index in [4.69, 9.17) is 10.3 Å². The molecule has 2 heterocycles. The van der Waals surface area contributed by atoms with Gasteiger partial charge in [-0.1, -0.05) is 30.8 Å². The minimum Gasteiger partial charge on any atom is -0.337 e. The van der Waals surface area contributed by atoms with Crippen LogP contribution in [0.25, 0.3) is 0 Å². The topological polar surface area (TPSA) is 77.8 Å². The Morgan fingerprint density at radius 2 is 2.00 bits per heavy atom. The average Bonchev–Trinajstić information content (AvgIpc) is 2.98. The first kappa shape index (κ1) is 13.7. The summed E-state index contributed by atoms with van der Waals surface area (Å²) in [5.41, 5.74) is 7.04. The lowest BCUT2D eigenvalue weighted by atomic mass is 9.91. The van der Waals surface area contributed by atoms with E-state index in [1.165, 1.54) is 12.8 Å². The van der Waals surface area contributed by atoms with Gasteiger partial charge in [-0.25, -0.2) is 4.98 Å². The molecule has 0 radical (unpaired) electrons. The molecule has 0 aromatic carbocycles. The van der Waals surface area contributed by atoms with Crippen LogP contribution in [0.3, 0.4) is 0 Å². The molecule has 2 N–H and O–H groups in total. The van der Waals surface area contributed by atoms with Gasteiger partial charge in [-0.2, -0.15) is 4.98 Å². The minimum atomic E-state index is -0.431. The summed E-state index contributed by atoms with van der Waals surface area (Å²) < 4.78 is 5.43. The third-order valence-electron chi connectivity index (χ3n) is 3.90. The van der Waals surface area contributed by atoms with Crippen LogP contribution >= 0.6 is 11.3 Å². The molecule has 6 heteroatoms. The van der Waals surface area contributed by atoms with E-state index in [0.29, 0.717) is 18.1 Å². The summed E-state index contributed by atoms with van der Waals surface area (Å²) in [5, 5.41) is 7.17. The quantitative estimate of drug-likeness (QED) is 0.880. The predicted molar refractivity (Wildman–Crippen MR) is 77.5 cm³/mol. The lowest BCUT2D eigenvalue weighted by Crippen LogP contribution is -2.36. The van der Waals surface area contributed by atoms with Crippen molar-refractivity contribution in [2.75, 3.05) is 0 Å². The summed E-state index contributed by atoms with van der Waals surface area (Å²) >= 11 is 1.64. The molecule has 108 valence electrons. The van der Waals surface area contributed by atoms with Gasteiger partial charge < -0.3 is 10.3 Å². The first-order chi connectivity index (χ1) is 9.66. The van der Waals surface area contributed by atoms with Gasteiger partial charge in [-0.3, -0.25) is 0 Å². The maximum absolute atomic E-state index is 6.48. The number of aromatic nitrogens is 3. The van der Waals surface area contributed by atoms with Crippen molar-refractivity contribution in [3.63, 3.8) is 0 Å². The average molecular weight is 292 g/mol. The highest BCUT2D eigenvalue weighted by molar-refractivity contribution is 7.09. The number of thiazole rings is 1. The second-order valence-electron chi connectivity index (χ2n) is 5.62. The lowest BCUT2D eigenvalue weighted by molar-refractivity contribution is 0.256. The van der Waals surface area contributed by atoms with Gasteiger partial charge in [-0.15, -0.1) is 11.3 Å². The standard InChI is InChI=1S/C14H20N4OS/c1-10-16-11(9-20-10)8-12-17-13(19-18-12)14(15)6-4-2-3-5-7-14/h9H,2-8,15H2,1H3. The van der Waals surface area contributed by atoms with E-state index in [2.05, 4.69) is 15.1 Å². The molecule has 0 spiro atoms. The molecule has 2 aromatic heterocycles. The summed E-state index contributed by atoms with van der Waals surface area (Å²) in [6.45, 7) is 2.00. The lowest BCUT2D eigenvalue weighted by Gasteiger charge is -2.22. The smallest absolute Gasteiger partial charge is 0.246 e. The highest BCUT2D eigenvalue weighted by Gasteiger charge is 2.34. The maximum atomic E-state index is 6.48. The summed E-state index contributed by atoms with van der Waals surface area (Å²) in [5.74, 6) is 1.28. The molecule has 1 fully saturated rings. The molecule has 1 saturated carbocycles. The van der Waals surface area contributed by atoms with E-state index < -0.39 is 5.54 Å². The van der Waals surface area contributed by atoms with Crippen LogP contribution in [0.2, 0.25) is 0 Å². The minimum absolute atomic E-state index is 0.431. The zero-order valence-corrected chi connectivity index (χ0v) is 12.6. The SMILES string of the molecule is Cc1nc(Cc2noc(C3(N)CCCCCC3)n2)cs1. The van der Waals surface area contributed by atoms with Crippen LogP contribution < -0.4 is 5.73 Å². The van der Waals surface area contributed by atoms with Gasteiger partial charge in [0.05, 0.1) is 22.7 Å². The van der Waals surface area contributed by atoms with Crippen LogP contribution in [0.15, 0.2) is 9.90 Å². The van der Waals surface area contributed by atoms with Crippen LogP contribution in [0.5, 0.6) is 0 Å². The first-order valence-corrected chi connectivity index (χ1v) is 8.07. The monoisotopic (exact) mass is 292 g/mol. The molecule has 0 saturated heterocycles. The highest BCUT2D eigenvalue weighted by Crippen LogP contribution is 2.32. The van der Waals surface area contributed by atoms with Gasteiger partial charge in [0.2, 0.25) is 5.89 Å². The summed E-state index contributed by atoms with van der Waals surface area (Å²) in [7, 11) is 0. The van der Waals surface area contributed by atoms with Crippen LogP contribution in [-0.2, 0) is 12.0 Å². The van der Waals surface area contributed by atoms with Crippen molar-refractivity contribution < 1.29 is 4.52 Å². The highest BCUT2D eigenvalue weighted by atomic mass is 32.1. The molecule has 0 aliphatic heterocycles. The molecule has 5 nitrogen and oxygen atoms in total. The molecule has 1 aliphatic rings. The zero-order valence-electron chi connectivity index (χ0n) is 11.8. The van der Waals surface area contributed by atoms with Crippen LogP contribution in [-0.4, -0.2) is 15.1 Å². The van der Waals surface area contributed by atoms with Crippen molar-refractivity contribution in [1.29, 1.82) is 0 Å². The van der Waals surface area contributed by atoms with E-state index >= 15 is 0 Å². The van der Waals surface area contributed by atoms with Crippen LogP contribution in [0.4, 0.5) is 0 Å². The number of nitrogens with two attached hydrogens (primary N) is 1. The molecular weight excluding hydrogens is 272 g/mol. The van der Waals surface area contributed by atoms with Crippen molar-refractivity contribution in [1.82, 2.24) is 15.1 Å². The first-order valence-electron chi connectivity index (χ1n) is 7.19. The van der Waals surface area contributed by atoms with Crippen LogP contribution in [0, 0.1) is 6.92 Å². The van der Waals surface area contributed by atoms with E-state index in [-0.39, 0.29) is 0 Å². The second-order valence-corrected chi connectivity index (χ2v) is 6.68. The van der Waals surface area contributed by atoms with Gasteiger partial charge in [0.25, 0.3) is 0 Å². The Hall–Kier alpha value is -1.27. The molecule has 0 bridgehead atoms. The molecule has 0 atom stereocenters. The van der Waals surface area contributed by atoms with Gasteiger partial charge in [0.15, 0.2) is 5.82 Å². The Morgan fingerprint density at radius 3 is 2.65 bits per heavy atom. The molecule has 1 aliphatic carbocycles. The Bertz CT molecular complexity index is 569. The molecular formula is C14H20N4OS. The Labute approximate surface area is 122 Å². The molecule has 0 amide bonds. The summed E-state index contributed by atoms with van der Waals surface area (Å²) in [6.07, 6.45) is 7.26. The van der Waals surface area contributed by atoms with E-state index in [1.54, 1.807) is 11.3 Å². The number of rotatable bonds is 3. The maximum Gasteiger partial charge on any atom is 0.246 e. The number of hydrogen-bond donors (Lipinski definition) is 1. The largest absolute Gasteiger partial charge is 0.337 e. The van der Waals surface area contributed by atoms with Gasteiger partial charge in [-0.05, 0) is 19.8 Å². The fourth-order valence-corrected chi connectivity index (χ4v) is 3.37. The van der Waals surface area contributed by atoms with E-state index in [0.717, 1.165) is 36.4 Å². The molecule has 2 aromatic rings. The summed E-state index contributed by atoms with van der Waals surface area (Å²) in [4.78, 5) is 8.94. The van der Waals surface area contributed by atoms with Gasteiger partial charge in [0.1, 0.15) is 0 Å². The fraction of sp³-hybridized carbons (Fsp3) is 0.643. The van der Waals surface area contributed by atoms with Crippen LogP contribution in [0.1, 0.15) is 60.9 Å². The third kappa shape index (κ3) is 2.91. The zero-order chi connectivity index (χ0) is 14.0. The molecule has 3 rings (SSSR count). The Balaban J connectivity index is 1.75. The number of nitrogens with zero attached hydrogens (tertiary/aromatic N) is 3. The third-order valence-corrected chi connectivity index (χ3v) is 4.72. The number of hydrogen-bond acceptors (Lipinski definition) is 6. The predicted octanol–water partition coefficient (Wildman–Crippen LogP) is 2.93. The van der Waals surface area contributed by atoms with E-state index in [9.17, 15) is 0 Å². The van der Waals surface area contributed by atoms with Crippen molar-refractivity contribution >= 4 is 11.3 Å². The van der Waals surface area contributed by atoms with Crippen molar-refractivity contribution in [3.05, 3.63) is 27.8 Å². The summed E-state index contributed by atoms with van der Waals surface area (Å²) in [6, 6.07) is 0. The number of aryl methyl sites for hydroxylation is 1. The molecule has 0 unspecified atom stereocenters. The molecule has 20 heavy (non-hydrogen) atoms. The fourth-order valence-electron chi connectivity index (χ4n) is 2.75. The Morgan fingerprint density at radius 1 is 1.25 bits per heavy atom. The Kier molecular flexibility index (Phi) is 3.85. The van der Waals surface area contributed by atoms with Crippen molar-refractivity contribution in [3.8, 4) is 0 Å².